The van der Waals surface area contributed by atoms with E-state index >= 15 is 0 Å². The monoisotopic (exact) mass is 261 g/mol. The number of fused-ring (bicyclic) bond motifs is 1. The van der Waals surface area contributed by atoms with Crippen molar-refractivity contribution in [1.82, 2.24) is 5.32 Å². The fourth-order valence-electron chi connectivity index (χ4n) is 1.87. The first-order chi connectivity index (χ1) is 8.97. The van der Waals surface area contributed by atoms with E-state index in [0.29, 0.717) is 16.9 Å². The van der Waals surface area contributed by atoms with E-state index in [1.807, 2.05) is 33.8 Å². The van der Waals surface area contributed by atoms with Crippen LogP contribution in [-0.2, 0) is 0 Å². The predicted octanol–water partition coefficient (Wildman–Crippen LogP) is 3.36. The van der Waals surface area contributed by atoms with Crippen molar-refractivity contribution in [2.75, 3.05) is 0 Å². The van der Waals surface area contributed by atoms with Crippen LogP contribution in [0.4, 0.5) is 0 Å². The Balaban J connectivity index is 2.42. The van der Waals surface area contributed by atoms with Crippen LogP contribution in [0.15, 0.2) is 28.9 Å². The third-order valence-electron chi connectivity index (χ3n) is 2.58. The number of benzene rings is 1. The van der Waals surface area contributed by atoms with Gasteiger partial charge in [-0.1, -0.05) is 0 Å². The number of rotatable bonds is 4. The minimum absolute atomic E-state index is 0.0431. The number of hydrogen-bond acceptors (Lipinski definition) is 3. The van der Waals surface area contributed by atoms with E-state index in [2.05, 4.69) is 5.32 Å². The smallest absolute Gasteiger partial charge is 0.251 e. The molecule has 0 saturated heterocycles. The molecule has 0 bridgehead atoms. The molecule has 0 atom stereocenters. The summed E-state index contributed by atoms with van der Waals surface area (Å²) in [5.74, 6) is 0.553. The van der Waals surface area contributed by atoms with Crippen molar-refractivity contribution in [2.45, 2.75) is 39.8 Å². The molecule has 1 amide bonds. The van der Waals surface area contributed by atoms with Crippen LogP contribution in [0.1, 0.15) is 38.1 Å². The first kappa shape index (κ1) is 13.5. The number of hydrogen-bond donors (Lipinski definition) is 1. The van der Waals surface area contributed by atoms with Gasteiger partial charge in [-0.3, -0.25) is 4.79 Å². The summed E-state index contributed by atoms with van der Waals surface area (Å²) in [6.07, 6.45) is 1.64. The lowest BCUT2D eigenvalue weighted by Crippen LogP contribution is -2.30. The van der Waals surface area contributed by atoms with Gasteiger partial charge in [0.1, 0.15) is 11.3 Å². The molecule has 0 spiro atoms. The Morgan fingerprint density at radius 3 is 2.63 bits per heavy atom. The Hall–Kier alpha value is -1.97. The fraction of sp³-hybridized carbons (Fsp3) is 0.400. The van der Waals surface area contributed by atoms with Gasteiger partial charge in [-0.25, -0.2) is 0 Å². The van der Waals surface area contributed by atoms with Crippen molar-refractivity contribution in [3.8, 4) is 5.75 Å². The maximum atomic E-state index is 12.1. The molecule has 0 fully saturated rings. The van der Waals surface area contributed by atoms with Gasteiger partial charge in [-0.2, -0.15) is 0 Å². The van der Waals surface area contributed by atoms with Gasteiger partial charge in [-0.05, 0) is 45.9 Å². The molecule has 0 unspecified atom stereocenters. The van der Waals surface area contributed by atoms with Gasteiger partial charge in [-0.15, -0.1) is 0 Å². The molecular weight excluding hydrogens is 242 g/mol. The lowest BCUT2D eigenvalue weighted by molar-refractivity contribution is 0.0942. The number of amides is 1. The highest BCUT2D eigenvalue weighted by Crippen LogP contribution is 2.29. The Kier molecular flexibility index (Phi) is 3.79. The zero-order valence-electron chi connectivity index (χ0n) is 11.7. The third-order valence-corrected chi connectivity index (χ3v) is 2.58. The molecule has 0 aliphatic carbocycles. The molecule has 0 radical (unpaired) electrons. The fourth-order valence-corrected chi connectivity index (χ4v) is 1.87. The number of ether oxygens (including phenoxy) is 1. The molecule has 4 heteroatoms. The zero-order valence-corrected chi connectivity index (χ0v) is 11.7. The van der Waals surface area contributed by atoms with Gasteiger partial charge in [0.2, 0.25) is 0 Å². The van der Waals surface area contributed by atoms with E-state index in [-0.39, 0.29) is 18.1 Å². The molecular formula is C15H19NO3. The number of carbonyl (C=O) groups is 1. The Morgan fingerprint density at radius 1 is 1.26 bits per heavy atom. The maximum Gasteiger partial charge on any atom is 0.251 e. The van der Waals surface area contributed by atoms with E-state index in [1.165, 1.54) is 0 Å². The van der Waals surface area contributed by atoms with Gasteiger partial charge in [0, 0.05) is 11.6 Å². The minimum Gasteiger partial charge on any atom is -0.490 e. The molecule has 1 aromatic carbocycles. The van der Waals surface area contributed by atoms with Crippen LogP contribution in [0.5, 0.6) is 5.75 Å². The van der Waals surface area contributed by atoms with E-state index in [4.69, 9.17) is 9.15 Å². The topological polar surface area (TPSA) is 51.5 Å². The van der Waals surface area contributed by atoms with Gasteiger partial charge in [0.15, 0.2) is 0 Å². The quantitative estimate of drug-likeness (QED) is 0.918. The molecule has 4 nitrogen and oxygen atoms in total. The highest BCUT2D eigenvalue weighted by atomic mass is 16.5. The highest BCUT2D eigenvalue weighted by Gasteiger charge is 2.14. The van der Waals surface area contributed by atoms with Crippen molar-refractivity contribution in [2.24, 2.45) is 0 Å². The summed E-state index contributed by atoms with van der Waals surface area (Å²) >= 11 is 0. The molecule has 102 valence electrons. The van der Waals surface area contributed by atoms with Crippen molar-refractivity contribution in [3.05, 3.63) is 30.0 Å². The Bertz CT molecular complexity index is 584. The van der Waals surface area contributed by atoms with E-state index in [0.717, 1.165) is 5.39 Å². The highest BCUT2D eigenvalue weighted by molar-refractivity contribution is 5.99. The summed E-state index contributed by atoms with van der Waals surface area (Å²) in [7, 11) is 0. The number of furan rings is 1. The second-order valence-electron chi connectivity index (χ2n) is 5.10. The van der Waals surface area contributed by atoms with Crippen molar-refractivity contribution < 1.29 is 13.9 Å². The van der Waals surface area contributed by atoms with Gasteiger partial charge in [0.25, 0.3) is 5.91 Å². The molecule has 1 N–H and O–H groups in total. The lowest BCUT2D eigenvalue weighted by atomic mass is 10.1. The largest absolute Gasteiger partial charge is 0.490 e. The Morgan fingerprint density at radius 2 is 2.00 bits per heavy atom. The summed E-state index contributed by atoms with van der Waals surface area (Å²) in [6.45, 7) is 7.75. The molecule has 2 aromatic rings. The molecule has 1 heterocycles. The molecule has 0 aliphatic heterocycles. The van der Waals surface area contributed by atoms with Crippen LogP contribution in [0.25, 0.3) is 11.0 Å². The molecule has 0 saturated carbocycles. The first-order valence-corrected chi connectivity index (χ1v) is 6.46. The maximum absolute atomic E-state index is 12.1. The normalized spacial score (nSPS) is 11.3. The van der Waals surface area contributed by atoms with Crippen LogP contribution in [0.2, 0.25) is 0 Å². The molecule has 2 rings (SSSR count). The standard InChI is InChI=1S/C15H19NO3/c1-9(2)16-15(17)11-7-13-12(5-6-18-13)14(8-11)19-10(3)4/h5-10H,1-4H3,(H,16,17). The van der Waals surface area contributed by atoms with Crippen molar-refractivity contribution in [1.29, 1.82) is 0 Å². The third kappa shape index (κ3) is 3.08. The van der Waals surface area contributed by atoms with Crippen LogP contribution in [0, 0.1) is 0 Å². The van der Waals surface area contributed by atoms with Crippen LogP contribution >= 0.6 is 0 Å². The second kappa shape index (κ2) is 5.34. The van der Waals surface area contributed by atoms with Gasteiger partial charge < -0.3 is 14.5 Å². The van der Waals surface area contributed by atoms with Crippen LogP contribution < -0.4 is 10.1 Å². The Labute approximate surface area is 112 Å². The van der Waals surface area contributed by atoms with Crippen molar-refractivity contribution >= 4 is 16.9 Å². The summed E-state index contributed by atoms with van der Waals surface area (Å²) in [5, 5.41) is 3.74. The van der Waals surface area contributed by atoms with E-state index in [9.17, 15) is 4.79 Å². The molecule has 19 heavy (non-hydrogen) atoms. The summed E-state index contributed by atoms with van der Waals surface area (Å²) in [4.78, 5) is 12.1. The average Bonchev–Trinajstić information content (AvgIpc) is 2.75. The van der Waals surface area contributed by atoms with Crippen LogP contribution in [0.3, 0.4) is 0 Å². The predicted molar refractivity (Wildman–Crippen MR) is 74.6 cm³/mol. The summed E-state index contributed by atoms with van der Waals surface area (Å²) in [6, 6.07) is 5.43. The van der Waals surface area contributed by atoms with E-state index in [1.54, 1.807) is 18.4 Å². The van der Waals surface area contributed by atoms with E-state index < -0.39 is 0 Å². The number of carbonyl (C=O) groups excluding carboxylic acids is 1. The lowest BCUT2D eigenvalue weighted by Gasteiger charge is -2.13. The van der Waals surface area contributed by atoms with Crippen molar-refractivity contribution in [3.63, 3.8) is 0 Å². The minimum atomic E-state index is -0.123. The molecule has 0 aliphatic rings. The van der Waals surface area contributed by atoms with Gasteiger partial charge >= 0.3 is 0 Å². The second-order valence-corrected chi connectivity index (χ2v) is 5.10. The van der Waals surface area contributed by atoms with Gasteiger partial charge in [0.05, 0.1) is 17.8 Å². The molecule has 1 aromatic heterocycles. The summed E-state index contributed by atoms with van der Waals surface area (Å²) in [5.41, 5.74) is 1.21. The summed E-state index contributed by atoms with van der Waals surface area (Å²) < 4.78 is 11.1. The number of nitrogens with one attached hydrogen (secondary N) is 1. The average molecular weight is 261 g/mol. The van der Waals surface area contributed by atoms with Crippen LogP contribution in [-0.4, -0.2) is 18.1 Å². The first-order valence-electron chi connectivity index (χ1n) is 6.46. The SMILES string of the molecule is CC(C)NC(=O)c1cc(OC(C)C)c2ccoc2c1. The zero-order chi connectivity index (χ0) is 14.0.